The Hall–Kier alpha value is -2.37. The van der Waals surface area contributed by atoms with Gasteiger partial charge < -0.3 is 16.4 Å². The number of carbonyl (C=O) groups excluding carboxylic acids is 3. The fourth-order valence-corrected chi connectivity index (χ4v) is 2.16. The molecule has 20 heavy (non-hydrogen) atoms. The lowest BCUT2D eigenvalue weighted by atomic mass is 10.0. The first-order valence-electron chi connectivity index (χ1n) is 6.49. The molecule has 1 heterocycles. The van der Waals surface area contributed by atoms with Gasteiger partial charge in [-0.25, -0.2) is 0 Å². The molecule has 0 aromatic heterocycles. The molecule has 0 bridgehead atoms. The van der Waals surface area contributed by atoms with Gasteiger partial charge in [0, 0.05) is 12.8 Å². The van der Waals surface area contributed by atoms with Crippen molar-refractivity contribution in [1.29, 1.82) is 0 Å². The van der Waals surface area contributed by atoms with Crippen LogP contribution in [0.4, 0.5) is 0 Å². The Kier molecular flexibility index (Phi) is 4.34. The van der Waals surface area contributed by atoms with Crippen LogP contribution in [-0.2, 0) is 20.8 Å². The SMILES string of the molecule is NC(=O)C(Cc1ccccc1)NC(=O)[C@@H]1CCC(=O)N1. The van der Waals surface area contributed by atoms with Gasteiger partial charge in [0.1, 0.15) is 12.1 Å². The van der Waals surface area contributed by atoms with E-state index in [0.717, 1.165) is 5.56 Å². The second kappa shape index (κ2) is 6.18. The number of nitrogens with two attached hydrogens (primary N) is 1. The largest absolute Gasteiger partial charge is 0.368 e. The second-order valence-electron chi connectivity index (χ2n) is 4.81. The molecule has 1 aromatic carbocycles. The maximum atomic E-state index is 12.0. The lowest BCUT2D eigenvalue weighted by Crippen LogP contribution is -2.51. The number of rotatable bonds is 5. The lowest BCUT2D eigenvalue weighted by molar-refractivity contribution is -0.129. The number of primary amides is 1. The van der Waals surface area contributed by atoms with E-state index < -0.39 is 18.0 Å². The summed E-state index contributed by atoms with van der Waals surface area (Å²) in [6, 6.07) is 7.95. The number of amides is 3. The Morgan fingerprint density at radius 1 is 1.35 bits per heavy atom. The third-order valence-electron chi connectivity index (χ3n) is 3.25. The van der Waals surface area contributed by atoms with Crippen molar-refractivity contribution in [3.05, 3.63) is 35.9 Å². The summed E-state index contributed by atoms with van der Waals surface area (Å²) in [5.41, 5.74) is 6.23. The van der Waals surface area contributed by atoms with E-state index in [1.807, 2.05) is 30.3 Å². The van der Waals surface area contributed by atoms with Crippen molar-refractivity contribution in [3.63, 3.8) is 0 Å². The molecular weight excluding hydrogens is 258 g/mol. The van der Waals surface area contributed by atoms with E-state index in [1.165, 1.54) is 0 Å². The topological polar surface area (TPSA) is 101 Å². The summed E-state index contributed by atoms with van der Waals surface area (Å²) in [7, 11) is 0. The molecule has 2 atom stereocenters. The minimum absolute atomic E-state index is 0.149. The van der Waals surface area contributed by atoms with Crippen LogP contribution >= 0.6 is 0 Å². The van der Waals surface area contributed by atoms with E-state index in [4.69, 9.17) is 5.73 Å². The first kappa shape index (κ1) is 14.0. The standard InChI is InChI=1S/C14H17N3O3/c15-13(19)11(8-9-4-2-1-3-5-9)17-14(20)10-6-7-12(18)16-10/h1-5,10-11H,6-8H2,(H2,15,19)(H,16,18)(H,17,20)/t10-,11?/m0/s1. The van der Waals surface area contributed by atoms with Crippen LogP contribution in [0.2, 0.25) is 0 Å². The van der Waals surface area contributed by atoms with Gasteiger partial charge in [0.15, 0.2) is 0 Å². The van der Waals surface area contributed by atoms with E-state index in [1.54, 1.807) is 0 Å². The highest BCUT2D eigenvalue weighted by Gasteiger charge is 2.29. The Labute approximate surface area is 116 Å². The molecular formula is C14H17N3O3. The van der Waals surface area contributed by atoms with Gasteiger partial charge in [-0.2, -0.15) is 0 Å². The van der Waals surface area contributed by atoms with Gasteiger partial charge in [-0.3, -0.25) is 14.4 Å². The first-order chi connectivity index (χ1) is 9.56. The zero-order valence-corrected chi connectivity index (χ0v) is 11.0. The highest BCUT2D eigenvalue weighted by atomic mass is 16.2. The second-order valence-corrected chi connectivity index (χ2v) is 4.81. The van der Waals surface area contributed by atoms with Gasteiger partial charge in [0.05, 0.1) is 0 Å². The van der Waals surface area contributed by atoms with E-state index in [2.05, 4.69) is 10.6 Å². The Balaban J connectivity index is 1.97. The van der Waals surface area contributed by atoms with Crippen LogP contribution in [0.1, 0.15) is 18.4 Å². The van der Waals surface area contributed by atoms with Crippen LogP contribution < -0.4 is 16.4 Å². The van der Waals surface area contributed by atoms with Crippen molar-refractivity contribution >= 4 is 17.7 Å². The summed E-state index contributed by atoms with van der Waals surface area (Å²) in [6.45, 7) is 0. The molecule has 0 aliphatic carbocycles. The van der Waals surface area contributed by atoms with E-state index in [0.29, 0.717) is 19.3 Å². The van der Waals surface area contributed by atoms with Crippen molar-refractivity contribution in [2.75, 3.05) is 0 Å². The van der Waals surface area contributed by atoms with Crippen molar-refractivity contribution < 1.29 is 14.4 Å². The third kappa shape index (κ3) is 3.57. The third-order valence-corrected chi connectivity index (χ3v) is 3.25. The number of carbonyl (C=O) groups is 3. The molecule has 6 heteroatoms. The first-order valence-corrected chi connectivity index (χ1v) is 6.49. The van der Waals surface area contributed by atoms with Crippen LogP contribution in [-0.4, -0.2) is 29.8 Å². The van der Waals surface area contributed by atoms with Crippen LogP contribution in [0.5, 0.6) is 0 Å². The molecule has 0 saturated carbocycles. The fraction of sp³-hybridized carbons (Fsp3) is 0.357. The summed E-state index contributed by atoms with van der Waals surface area (Å²) in [6.07, 6.45) is 1.11. The number of hydrogen-bond acceptors (Lipinski definition) is 3. The summed E-state index contributed by atoms with van der Waals surface area (Å²) in [4.78, 5) is 34.5. The van der Waals surface area contributed by atoms with E-state index in [-0.39, 0.29) is 11.8 Å². The molecule has 1 saturated heterocycles. The predicted molar refractivity (Wildman–Crippen MR) is 72.4 cm³/mol. The lowest BCUT2D eigenvalue weighted by Gasteiger charge is -2.18. The number of nitrogens with one attached hydrogen (secondary N) is 2. The Morgan fingerprint density at radius 2 is 2.05 bits per heavy atom. The molecule has 1 aromatic rings. The van der Waals surface area contributed by atoms with Crippen LogP contribution in [0.25, 0.3) is 0 Å². The van der Waals surface area contributed by atoms with Crippen LogP contribution in [0, 0.1) is 0 Å². The van der Waals surface area contributed by atoms with Crippen molar-refractivity contribution in [2.24, 2.45) is 5.73 Å². The van der Waals surface area contributed by atoms with Crippen LogP contribution in [0.15, 0.2) is 30.3 Å². The maximum absolute atomic E-state index is 12.0. The molecule has 1 aliphatic rings. The Bertz CT molecular complexity index is 516. The summed E-state index contributed by atoms with van der Waals surface area (Å²) < 4.78 is 0. The van der Waals surface area contributed by atoms with Gasteiger partial charge in [0.2, 0.25) is 17.7 Å². The van der Waals surface area contributed by atoms with E-state index >= 15 is 0 Å². The monoisotopic (exact) mass is 275 g/mol. The summed E-state index contributed by atoms with van der Waals surface area (Å²) >= 11 is 0. The smallest absolute Gasteiger partial charge is 0.243 e. The molecule has 4 N–H and O–H groups in total. The molecule has 1 unspecified atom stereocenters. The molecule has 3 amide bonds. The molecule has 2 rings (SSSR count). The number of benzene rings is 1. The van der Waals surface area contributed by atoms with Gasteiger partial charge >= 0.3 is 0 Å². The molecule has 0 spiro atoms. The van der Waals surface area contributed by atoms with E-state index in [9.17, 15) is 14.4 Å². The fourth-order valence-electron chi connectivity index (χ4n) is 2.16. The maximum Gasteiger partial charge on any atom is 0.243 e. The molecule has 1 aliphatic heterocycles. The molecule has 0 radical (unpaired) electrons. The molecule has 1 fully saturated rings. The Morgan fingerprint density at radius 3 is 2.60 bits per heavy atom. The number of hydrogen-bond donors (Lipinski definition) is 3. The quantitative estimate of drug-likeness (QED) is 0.673. The zero-order chi connectivity index (χ0) is 14.5. The van der Waals surface area contributed by atoms with Gasteiger partial charge in [-0.05, 0) is 12.0 Å². The average molecular weight is 275 g/mol. The van der Waals surface area contributed by atoms with Gasteiger partial charge in [-0.15, -0.1) is 0 Å². The average Bonchev–Trinajstić information content (AvgIpc) is 2.86. The van der Waals surface area contributed by atoms with Gasteiger partial charge in [0.25, 0.3) is 0 Å². The molecule has 106 valence electrons. The summed E-state index contributed by atoms with van der Waals surface area (Å²) in [5, 5.41) is 5.16. The molecule has 6 nitrogen and oxygen atoms in total. The summed E-state index contributed by atoms with van der Waals surface area (Å²) in [5.74, 6) is -1.11. The predicted octanol–water partition coefficient (Wildman–Crippen LogP) is -0.522. The van der Waals surface area contributed by atoms with Crippen molar-refractivity contribution in [2.45, 2.75) is 31.3 Å². The van der Waals surface area contributed by atoms with Crippen molar-refractivity contribution in [1.82, 2.24) is 10.6 Å². The highest BCUT2D eigenvalue weighted by Crippen LogP contribution is 2.08. The minimum Gasteiger partial charge on any atom is -0.368 e. The highest BCUT2D eigenvalue weighted by molar-refractivity contribution is 5.93. The van der Waals surface area contributed by atoms with Crippen LogP contribution in [0.3, 0.4) is 0 Å². The minimum atomic E-state index is -0.776. The normalized spacial score (nSPS) is 19.2. The van der Waals surface area contributed by atoms with Crippen molar-refractivity contribution in [3.8, 4) is 0 Å². The van der Waals surface area contributed by atoms with Gasteiger partial charge in [-0.1, -0.05) is 30.3 Å². The zero-order valence-electron chi connectivity index (χ0n) is 11.0.